The molecule has 0 atom stereocenters. The highest BCUT2D eigenvalue weighted by Crippen LogP contribution is 2.27. The molecule has 3 heteroatoms. The highest BCUT2D eigenvalue weighted by atomic mass is 79.9. The predicted octanol–water partition coefficient (Wildman–Crippen LogP) is 4.33. The van der Waals surface area contributed by atoms with E-state index in [2.05, 4.69) is 15.9 Å². The highest BCUT2D eigenvalue weighted by molar-refractivity contribution is 9.10. The van der Waals surface area contributed by atoms with Crippen LogP contribution in [0.25, 0.3) is 0 Å². The summed E-state index contributed by atoms with van der Waals surface area (Å²) >= 11 is 9.27. The van der Waals surface area contributed by atoms with E-state index in [4.69, 9.17) is 11.6 Å². The van der Waals surface area contributed by atoms with E-state index in [1.165, 1.54) is 0 Å². The molecule has 0 N–H and O–H groups in total. The average molecular weight is 296 g/mol. The van der Waals surface area contributed by atoms with Crippen molar-refractivity contribution in [3.63, 3.8) is 0 Å². The van der Waals surface area contributed by atoms with Gasteiger partial charge in [-0.15, -0.1) is 0 Å². The van der Waals surface area contributed by atoms with Gasteiger partial charge in [-0.1, -0.05) is 48.0 Å². The summed E-state index contributed by atoms with van der Waals surface area (Å²) in [6.45, 7) is 0. The van der Waals surface area contributed by atoms with Crippen molar-refractivity contribution in [1.29, 1.82) is 0 Å². The molecule has 0 heterocycles. The molecule has 2 aromatic carbocycles. The molecule has 0 saturated carbocycles. The molecule has 0 aliphatic rings. The Morgan fingerprint density at radius 3 is 2.38 bits per heavy atom. The SMILES string of the molecule is O=C(c1ccccc1)c1cccc(Cl)c1Br. The first-order chi connectivity index (χ1) is 7.70. The Bertz CT molecular complexity index is 523. The first-order valence-electron chi connectivity index (χ1n) is 4.74. The third-order valence-corrected chi connectivity index (χ3v) is 3.63. The van der Waals surface area contributed by atoms with Crippen LogP contribution in [-0.2, 0) is 0 Å². The van der Waals surface area contributed by atoms with E-state index in [9.17, 15) is 4.79 Å². The van der Waals surface area contributed by atoms with Gasteiger partial charge in [-0.05, 0) is 28.1 Å². The molecular formula is C13H8BrClO. The van der Waals surface area contributed by atoms with Crippen LogP contribution >= 0.6 is 27.5 Å². The Labute approximate surface area is 107 Å². The molecule has 0 unspecified atom stereocenters. The van der Waals surface area contributed by atoms with Gasteiger partial charge >= 0.3 is 0 Å². The largest absolute Gasteiger partial charge is 0.289 e. The Morgan fingerprint density at radius 2 is 1.69 bits per heavy atom. The summed E-state index contributed by atoms with van der Waals surface area (Å²) < 4.78 is 0.644. The minimum absolute atomic E-state index is 0.0324. The van der Waals surface area contributed by atoms with Gasteiger partial charge in [0.15, 0.2) is 5.78 Å². The minimum Gasteiger partial charge on any atom is -0.289 e. The van der Waals surface area contributed by atoms with Crippen molar-refractivity contribution in [1.82, 2.24) is 0 Å². The molecule has 1 nitrogen and oxygen atoms in total. The zero-order valence-corrected chi connectivity index (χ0v) is 10.6. The summed E-state index contributed by atoms with van der Waals surface area (Å²) in [5.74, 6) is -0.0324. The van der Waals surface area contributed by atoms with E-state index in [1.807, 2.05) is 18.2 Å². The molecule has 0 amide bonds. The van der Waals surface area contributed by atoms with E-state index in [0.717, 1.165) is 0 Å². The Balaban J connectivity index is 2.46. The molecule has 0 aliphatic carbocycles. The summed E-state index contributed by atoms with van der Waals surface area (Å²) in [7, 11) is 0. The summed E-state index contributed by atoms with van der Waals surface area (Å²) in [6, 6.07) is 14.4. The number of carbonyl (C=O) groups excluding carboxylic acids is 1. The average Bonchev–Trinajstić information content (AvgIpc) is 2.33. The summed E-state index contributed by atoms with van der Waals surface area (Å²) in [4.78, 5) is 12.1. The summed E-state index contributed by atoms with van der Waals surface area (Å²) in [6.07, 6.45) is 0. The molecule has 16 heavy (non-hydrogen) atoms. The molecule has 2 rings (SSSR count). The van der Waals surface area contributed by atoms with Gasteiger partial charge in [-0.2, -0.15) is 0 Å². The van der Waals surface area contributed by atoms with Crippen LogP contribution in [0, 0.1) is 0 Å². The number of hydrogen-bond acceptors (Lipinski definition) is 1. The van der Waals surface area contributed by atoms with Crippen LogP contribution in [-0.4, -0.2) is 5.78 Å². The van der Waals surface area contributed by atoms with Crippen molar-refractivity contribution >= 4 is 33.3 Å². The molecule has 0 aromatic heterocycles. The monoisotopic (exact) mass is 294 g/mol. The first-order valence-corrected chi connectivity index (χ1v) is 5.91. The quantitative estimate of drug-likeness (QED) is 0.754. The highest BCUT2D eigenvalue weighted by Gasteiger charge is 2.13. The zero-order chi connectivity index (χ0) is 11.5. The predicted molar refractivity (Wildman–Crippen MR) is 69.0 cm³/mol. The van der Waals surface area contributed by atoms with Crippen molar-refractivity contribution in [2.75, 3.05) is 0 Å². The van der Waals surface area contributed by atoms with Crippen molar-refractivity contribution < 1.29 is 4.79 Å². The number of ketones is 1. The fraction of sp³-hybridized carbons (Fsp3) is 0. The van der Waals surface area contributed by atoms with Crippen LogP contribution in [0.2, 0.25) is 5.02 Å². The van der Waals surface area contributed by atoms with Crippen molar-refractivity contribution in [2.24, 2.45) is 0 Å². The molecule has 80 valence electrons. The standard InChI is InChI=1S/C13H8BrClO/c14-12-10(7-4-8-11(12)15)13(16)9-5-2-1-3-6-9/h1-8H. The molecular weight excluding hydrogens is 287 g/mol. The van der Waals surface area contributed by atoms with Gasteiger partial charge in [0, 0.05) is 15.6 Å². The Morgan fingerprint density at radius 1 is 1.00 bits per heavy atom. The number of carbonyl (C=O) groups is 1. The topological polar surface area (TPSA) is 17.1 Å². The van der Waals surface area contributed by atoms with Gasteiger partial charge in [0.1, 0.15) is 0 Å². The van der Waals surface area contributed by atoms with E-state index < -0.39 is 0 Å². The maximum atomic E-state index is 12.1. The van der Waals surface area contributed by atoms with Crippen LogP contribution in [0.4, 0.5) is 0 Å². The maximum Gasteiger partial charge on any atom is 0.194 e. The van der Waals surface area contributed by atoms with Crippen molar-refractivity contribution in [3.05, 3.63) is 69.2 Å². The molecule has 0 fully saturated rings. The number of benzene rings is 2. The van der Waals surface area contributed by atoms with E-state index >= 15 is 0 Å². The third kappa shape index (κ3) is 2.18. The molecule has 0 saturated heterocycles. The number of rotatable bonds is 2. The number of hydrogen-bond donors (Lipinski definition) is 0. The van der Waals surface area contributed by atoms with Crippen LogP contribution in [0.1, 0.15) is 15.9 Å². The Kier molecular flexibility index (Phi) is 3.42. The third-order valence-electron chi connectivity index (χ3n) is 2.23. The van der Waals surface area contributed by atoms with Crippen molar-refractivity contribution in [3.8, 4) is 0 Å². The summed E-state index contributed by atoms with van der Waals surface area (Å²) in [5, 5.41) is 0.543. The second-order valence-electron chi connectivity index (χ2n) is 3.30. The smallest absolute Gasteiger partial charge is 0.194 e. The zero-order valence-electron chi connectivity index (χ0n) is 8.28. The molecule has 0 bridgehead atoms. The second kappa shape index (κ2) is 4.81. The minimum atomic E-state index is -0.0324. The molecule has 0 aliphatic heterocycles. The fourth-order valence-corrected chi connectivity index (χ4v) is 2.04. The lowest BCUT2D eigenvalue weighted by Gasteiger charge is -2.04. The van der Waals surface area contributed by atoms with Gasteiger partial charge in [0.05, 0.1) is 5.02 Å². The van der Waals surface area contributed by atoms with Crippen molar-refractivity contribution in [2.45, 2.75) is 0 Å². The lowest BCUT2D eigenvalue weighted by Crippen LogP contribution is -2.01. The van der Waals surface area contributed by atoms with Gasteiger partial charge < -0.3 is 0 Å². The number of halogens is 2. The fourth-order valence-electron chi connectivity index (χ4n) is 1.42. The van der Waals surface area contributed by atoms with E-state index in [-0.39, 0.29) is 5.78 Å². The lowest BCUT2D eigenvalue weighted by molar-refractivity contribution is 0.103. The van der Waals surface area contributed by atoms with E-state index in [0.29, 0.717) is 20.6 Å². The lowest BCUT2D eigenvalue weighted by atomic mass is 10.0. The summed E-state index contributed by atoms with van der Waals surface area (Å²) in [5.41, 5.74) is 1.24. The van der Waals surface area contributed by atoms with Crippen LogP contribution in [0.15, 0.2) is 53.0 Å². The van der Waals surface area contributed by atoms with Crippen LogP contribution < -0.4 is 0 Å². The molecule has 2 aromatic rings. The second-order valence-corrected chi connectivity index (χ2v) is 4.50. The maximum absolute atomic E-state index is 12.1. The molecule has 0 spiro atoms. The van der Waals surface area contributed by atoms with Gasteiger partial charge in [-0.3, -0.25) is 4.79 Å². The normalized spacial score (nSPS) is 10.1. The Hall–Kier alpha value is -1.12. The van der Waals surface area contributed by atoms with Crippen LogP contribution in [0.5, 0.6) is 0 Å². The first kappa shape index (κ1) is 11.4. The molecule has 0 radical (unpaired) electrons. The van der Waals surface area contributed by atoms with Gasteiger partial charge in [-0.25, -0.2) is 0 Å². The van der Waals surface area contributed by atoms with Gasteiger partial charge in [0.2, 0.25) is 0 Å². The van der Waals surface area contributed by atoms with Gasteiger partial charge in [0.25, 0.3) is 0 Å². The van der Waals surface area contributed by atoms with E-state index in [1.54, 1.807) is 30.3 Å². The van der Waals surface area contributed by atoms with Crippen LogP contribution in [0.3, 0.4) is 0 Å².